The summed E-state index contributed by atoms with van der Waals surface area (Å²) < 4.78 is 6.10. The van der Waals surface area contributed by atoms with Gasteiger partial charge in [-0.1, -0.05) is 18.2 Å². The van der Waals surface area contributed by atoms with Crippen LogP contribution in [0.5, 0.6) is 5.75 Å². The van der Waals surface area contributed by atoms with Gasteiger partial charge in [0.15, 0.2) is 0 Å². The predicted octanol–water partition coefficient (Wildman–Crippen LogP) is 3.02. The van der Waals surface area contributed by atoms with Crippen LogP contribution >= 0.6 is 0 Å². The highest BCUT2D eigenvalue weighted by atomic mass is 16.5. The highest BCUT2D eigenvalue weighted by Crippen LogP contribution is 2.40. The topological polar surface area (TPSA) is 55.3 Å². The fourth-order valence-electron chi connectivity index (χ4n) is 4.16. The number of hydrogen-bond acceptors (Lipinski definition) is 4. The van der Waals surface area contributed by atoms with Gasteiger partial charge in [-0.15, -0.1) is 0 Å². The van der Waals surface area contributed by atoms with Crippen LogP contribution in [0.4, 0.5) is 0 Å². The van der Waals surface area contributed by atoms with Crippen LogP contribution in [-0.2, 0) is 0 Å². The smallest absolute Gasteiger partial charge is 0.257 e. The number of hydrogen-bond donors (Lipinski definition) is 0. The summed E-state index contributed by atoms with van der Waals surface area (Å²) in [4.78, 5) is 23.3. The number of para-hydroxylation sites is 1. The summed E-state index contributed by atoms with van der Waals surface area (Å²) in [5.41, 5.74) is 1.39. The zero-order chi connectivity index (χ0) is 17.4. The Balaban J connectivity index is 1.38. The van der Waals surface area contributed by atoms with Crippen LogP contribution in [0.2, 0.25) is 0 Å². The summed E-state index contributed by atoms with van der Waals surface area (Å²) in [5.74, 6) is 2.77. The number of aromatic nitrogens is 2. The van der Waals surface area contributed by atoms with Crippen LogP contribution in [0.15, 0.2) is 36.5 Å². The summed E-state index contributed by atoms with van der Waals surface area (Å²) in [7, 11) is 0. The first kappa shape index (κ1) is 16.1. The summed E-state index contributed by atoms with van der Waals surface area (Å²) in [6, 6.07) is 10.00. The molecule has 3 atom stereocenters. The van der Waals surface area contributed by atoms with E-state index in [-0.39, 0.29) is 12.0 Å². The molecule has 1 aromatic heterocycles. The molecule has 5 nitrogen and oxygen atoms in total. The van der Waals surface area contributed by atoms with E-state index in [1.165, 1.54) is 0 Å². The Morgan fingerprint density at radius 1 is 1.12 bits per heavy atom. The Labute approximate surface area is 148 Å². The number of nitrogens with zero attached hydrogens (tertiary/aromatic N) is 3. The molecule has 130 valence electrons. The molecule has 1 saturated carbocycles. The third kappa shape index (κ3) is 3.23. The average Bonchev–Trinajstić information content (AvgIpc) is 3.13. The minimum atomic E-state index is 0.0624. The maximum atomic E-state index is 12.8. The first-order valence-corrected chi connectivity index (χ1v) is 8.91. The molecule has 1 unspecified atom stereocenters. The zero-order valence-electron chi connectivity index (χ0n) is 14.7. The molecule has 1 aliphatic heterocycles. The molecule has 0 spiro atoms. The Morgan fingerprint density at radius 3 is 2.44 bits per heavy atom. The Morgan fingerprint density at radius 2 is 1.80 bits per heavy atom. The lowest BCUT2D eigenvalue weighted by Gasteiger charge is -2.20. The lowest BCUT2D eigenvalue weighted by Crippen LogP contribution is -2.31. The molecular weight excluding hydrogens is 314 g/mol. The summed E-state index contributed by atoms with van der Waals surface area (Å²) in [6.45, 7) is 5.34. The van der Waals surface area contributed by atoms with Crippen LogP contribution in [0, 0.1) is 25.7 Å². The standard InChI is InChI=1S/C20H23N3O2/c1-13-19(10-21-14(2)22-13)20(24)23-11-15-8-18(9-16(15)12-23)25-17-6-4-3-5-7-17/h3-7,10,15-16,18H,8-9,11-12H2,1-2H3/t15-,16+,18?. The van der Waals surface area contributed by atoms with Crippen molar-refractivity contribution >= 4 is 5.91 Å². The molecule has 5 heteroatoms. The minimum Gasteiger partial charge on any atom is -0.490 e. The minimum absolute atomic E-state index is 0.0624. The van der Waals surface area contributed by atoms with Gasteiger partial charge in [0, 0.05) is 19.3 Å². The van der Waals surface area contributed by atoms with Gasteiger partial charge in [0.1, 0.15) is 11.6 Å². The van der Waals surface area contributed by atoms with E-state index in [4.69, 9.17) is 4.74 Å². The first-order valence-electron chi connectivity index (χ1n) is 8.91. The van der Waals surface area contributed by atoms with E-state index >= 15 is 0 Å². The van der Waals surface area contributed by atoms with Crippen LogP contribution < -0.4 is 4.74 Å². The van der Waals surface area contributed by atoms with Crippen LogP contribution in [0.25, 0.3) is 0 Å². The number of carbonyl (C=O) groups excluding carboxylic acids is 1. The van der Waals surface area contributed by atoms with Crippen LogP contribution in [0.3, 0.4) is 0 Å². The number of ether oxygens (including phenoxy) is 1. The van der Waals surface area contributed by atoms with Gasteiger partial charge >= 0.3 is 0 Å². The lowest BCUT2D eigenvalue weighted by atomic mass is 10.0. The van der Waals surface area contributed by atoms with E-state index in [1.54, 1.807) is 6.20 Å². The molecule has 0 bridgehead atoms. The third-order valence-electron chi connectivity index (χ3n) is 5.37. The van der Waals surface area contributed by atoms with E-state index in [0.29, 0.717) is 23.2 Å². The van der Waals surface area contributed by atoms with Crippen molar-refractivity contribution < 1.29 is 9.53 Å². The fourth-order valence-corrected chi connectivity index (χ4v) is 4.16. The zero-order valence-corrected chi connectivity index (χ0v) is 14.7. The van der Waals surface area contributed by atoms with Crippen molar-refractivity contribution in [2.45, 2.75) is 32.8 Å². The second kappa shape index (κ2) is 6.47. The normalized spacial score (nSPS) is 25.0. The van der Waals surface area contributed by atoms with Gasteiger partial charge < -0.3 is 9.64 Å². The van der Waals surface area contributed by atoms with Crippen molar-refractivity contribution in [3.63, 3.8) is 0 Å². The third-order valence-corrected chi connectivity index (χ3v) is 5.37. The monoisotopic (exact) mass is 337 g/mol. The molecule has 25 heavy (non-hydrogen) atoms. The van der Waals surface area contributed by atoms with E-state index < -0.39 is 0 Å². The van der Waals surface area contributed by atoms with E-state index in [0.717, 1.165) is 37.4 Å². The lowest BCUT2D eigenvalue weighted by molar-refractivity contribution is 0.0768. The van der Waals surface area contributed by atoms with Gasteiger partial charge in [-0.2, -0.15) is 0 Å². The van der Waals surface area contributed by atoms with Crippen molar-refractivity contribution in [1.29, 1.82) is 0 Å². The highest BCUT2D eigenvalue weighted by Gasteiger charge is 2.43. The van der Waals surface area contributed by atoms with Crippen molar-refractivity contribution in [2.75, 3.05) is 13.1 Å². The van der Waals surface area contributed by atoms with E-state index in [1.807, 2.05) is 49.1 Å². The van der Waals surface area contributed by atoms with Crippen molar-refractivity contribution in [3.8, 4) is 5.75 Å². The number of rotatable bonds is 3. The molecule has 2 aliphatic rings. The highest BCUT2D eigenvalue weighted by molar-refractivity contribution is 5.95. The van der Waals surface area contributed by atoms with Crippen LogP contribution in [-0.4, -0.2) is 40.0 Å². The molecule has 2 fully saturated rings. The second-order valence-corrected chi connectivity index (χ2v) is 7.17. The number of likely N-dealkylation sites (tertiary alicyclic amines) is 1. The van der Waals surface area contributed by atoms with Crippen molar-refractivity contribution in [2.24, 2.45) is 11.8 Å². The van der Waals surface area contributed by atoms with E-state index in [9.17, 15) is 4.79 Å². The number of carbonyl (C=O) groups is 1. The summed E-state index contributed by atoms with van der Waals surface area (Å²) in [6.07, 6.45) is 3.97. The molecule has 2 aromatic rings. The first-order chi connectivity index (χ1) is 12.1. The predicted molar refractivity (Wildman–Crippen MR) is 94.5 cm³/mol. The van der Waals surface area contributed by atoms with Crippen molar-refractivity contribution in [3.05, 3.63) is 53.6 Å². The van der Waals surface area contributed by atoms with Gasteiger partial charge in [-0.3, -0.25) is 4.79 Å². The largest absolute Gasteiger partial charge is 0.490 e. The fraction of sp³-hybridized carbons (Fsp3) is 0.450. The molecule has 1 aliphatic carbocycles. The molecular formula is C20H23N3O2. The average molecular weight is 337 g/mol. The molecule has 1 aromatic carbocycles. The maximum Gasteiger partial charge on any atom is 0.257 e. The molecule has 1 saturated heterocycles. The quantitative estimate of drug-likeness (QED) is 0.864. The van der Waals surface area contributed by atoms with E-state index in [2.05, 4.69) is 9.97 Å². The van der Waals surface area contributed by atoms with Gasteiger partial charge in [-0.25, -0.2) is 9.97 Å². The summed E-state index contributed by atoms with van der Waals surface area (Å²) in [5, 5.41) is 0. The Hall–Kier alpha value is -2.43. The van der Waals surface area contributed by atoms with Gasteiger partial charge in [0.2, 0.25) is 0 Å². The molecule has 2 heterocycles. The van der Waals surface area contributed by atoms with Gasteiger partial charge in [-0.05, 0) is 50.7 Å². The maximum absolute atomic E-state index is 12.8. The summed E-state index contributed by atoms with van der Waals surface area (Å²) >= 11 is 0. The SMILES string of the molecule is Cc1ncc(C(=O)N2C[C@H]3CC(Oc4ccccc4)C[C@H]3C2)c(C)n1. The number of benzene rings is 1. The molecule has 1 amide bonds. The van der Waals surface area contributed by atoms with Crippen LogP contribution in [0.1, 0.15) is 34.7 Å². The molecule has 4 rings (SSSR count). The molecule has 0 N–H and O–H groups in total. The van der Waals surface area contributed by atoms with Gasteiger partial charge in [0.05, 0.1) is 17.4 Å². The second-order valence-electron chi connectivity index (χ2n) is 7.17. The Kier molecular flexibility index (Phi) is 4.15. The Bertz CT molecular complexity index is 764. The van der Waals surface area contributed by atoms with Gasteiger partial charge in [0.25, 0.3) is 5.91 Å². The number of fused-ring (bicyclic) bond motifs is 1. The number of aryl methyl sites for hydroxylation is 2. The van der Waals surface area contributed by atoms with Crippen molar-refractivity contribution in [1.82, 2.24) is 14.9 Å². The number of amides is 1. The molecule has 0 radical (unpaired) electrons.